The molecular formula is C13H13N3O3. The molecule has 2 rings (SSSR count). The van der Waals surface area contributed by atoms with Gasteiger partial charge in [0.1, 0.15) is 5.75 Å². The molecule has 2 aromatic heterocycles. The Bertz CT molecular complexity index is 573. The number of aromatic nitrogens is 2. The number of ether oxygens (including phenoxy) is 2. The zero-order valence-electron chi connectivity index (χ0n) is 10.4. The topological polar surface area (TPSA) is 87.3 Å². The van der Waals surface area contributed by atoms with Crippen LogP contribution in [0.25, 0.3) is 0 Å². The summed E-state index contributed by atoms with van der Waals surface area (Å²) >= 11 is 0. The Kier molecular flexibility index (Phi) is 3.92. The monoisotopic (exact) mass is 259 g/mol. The second-order valence-corrected chi connectivity index (χ2v) is 3.62. The number of carbonyl (C=O) groups is 1. The van der Waals surface area contributed by atoms with E-state index in [-0.39, 0.29) is 23.7 Å². The number of esters is 1. The first-order valence-electron chi connectivity index (χ1n) is 5.71. The second-order valence-electron chi connectivity index (χ2n) is 3.62. The van der Waals surface area contributed by atoms with Crippen LogP contribution in [0.3, 0.4) is 0 Å². The van der Waals surface area contributed by atoms with Crippen molar-refractivity contribution >= 4 is 11.7 Å². The van der Waals surface area contributed by atoms with Crippen LogP contribution in [-0.4, -0.2) is 22.5 Å². The number of hydrogen-bond acceptors (Lipinski definition) is 6. The number of nitrogens with zero attached hydrogens (tertiary/aromatic N) is 2. The minimum Gasteiger partial charge on any atom is -0.462 e. The molecule has 6 nitrogen and oxygen atoms in total. The lowest BCUT2D eigenvalue weighted by molar-refractivity contribution is 0.0527. The third-order valence-electron chi connectivity index (χ3n) is 2.26. The third-order valence-corrected chi connectivity index (χ3v) is 2.26. The van der Waals surface area contributed by atoms with Crippen LogP contribution in [0.4, 0.5) is 5.69 Å². The van der Waals surface area contributed by atoms with Gasteiger partial charge in [-0.1, -0.05) is 0 Å². The van der Waals surface area contributed by atoms with E-state index in [9.17, 15) is 4.79 Å². The van der Waals surface area contributed by atoms with Gasteiger partial charge in [0.15, 0.2) is 0 Å². The van der Waals surface area contributed by atoms with Gasteiger partial charge in [-0.05, 0) is 19.1 Å². The van der Waals surface area contributed by atoms with Gasteiger partial charge in [0.05, 0.1) is 30.3 Å². The van der Waals surface area contributed by atoms with Crippen molar-refractivity contribution in [2.45, 2.75) is 6.92 Å². The van der Waals surface area contributed by atoms with Gasteiger partial charge < -0.3 is 15.2 Å². The third kappa shape index (κ3) is 3.19. The van der Waals surface area contributed by atoms with Gasteiger partial charge in [-0.25, -0.2) is 9.78 Å². The molecule has 0 amide bonds. The fraction of sp³-hybridized carbons (Fsp3) is 0.154. The van der Waals surface area contributed by atoms with Crippen molar-refractivity contribution in [1.29, 1.82) is 0 Å². The van der Waals surface area contributed by atoms with Crippen LogP contribution in [-0.2, 0) is 4.74 Å². The number of pyridine rings is 2. The van der Waals surface area contributed by atoms with Crippen LogP contribution >= 0.6 is 0 Å². The van der Waals surface area contributed by atoms with Crippen molar-refractivity contribution in [1.82, 2.24) is 9.97 Å². The molecule has 0 saturated heterocycles. The summed E-state index contributed by atoms with van der Waals surface area (Å²) in [6.45, 7) is 2.00. The minimum atomic E-state index is -0.501. The van der Waals surface area contributed by atoms with E-state index in [1.165, 1.54) is 12.3 Å². The average molecular weight is 259 g/mol. The van der Waals surface area contributed by atoms with Crippen LogP contribution in [0, 0.1) is 0 Å². The molecule has 0 spiro atoms. The summed E-state index contributed by atoms with van der Waals surface area (Å²) in [5.41, 5.74) is 6.16. The van der Waals surface area contributed by atoms with Crippen molar-refractivity contribution in [2.75, 3.05) is 12.3 Å². The SMILES string of the molecule is CCOC(=O)c1cc(Oc2cccnc2)ncc1N. The van der Waals surface area contributed by atoms with Crippen LogP contribution in [0.15, 0.2) is 36.8 Å². The quantitative estimate of drug-likeness (QED) is 0.845. The molecule has 98 valence electrons. The molecule has 2 heterocycles. The maximum atomic E-state index is 11.7. The lowest BCUT2D eigenvalue weighted by Gasteiger charge is -2.08. The van der Waals surface area contributed by atoms with Crippen molar-refractivity contribution in [3.63, 3.8) is 0 Å². The summed E-state index contributed by atoms with van der Waals surface area (Å²) < 4.78 is 10.4. The zero-order valence-corrected chi connectivity index (χ0v) is 10.4. The highest BCUT2D eigenvalue weighted by Crippen LogP contribution is 2.22. The normalized spacial score (nSPS) is 9.95. The molecule has 6 heteroatoms. The van der Waals surface area contributed by atoms with Gasteiger partial charge in [0.25, 0.3) is 0 Å². The number of nitrogen functional groups attached to an aromatic ring is 1. The number of hydrogen-bond donors (Lipinski definition) is 1. The zero-order chi connectivity index (χ0) is 13.7. The Balaban J connectivity index is 2.23. The van der Waals surface area contributed by atoms with Gasteiger partial charge in [-0.15, -0.1) is 0 Å². The van der Waals surface area contributed by atoms with E-state index in [4.69, 9.17) is 15.2 Å². The maximum absolute atomic E-state index is 11.7. The largest absolute Gasteiger partial charge is 0.462 e. The summed E-state index contributed by atoms with van der Waals surface area (Å²) in [5, 5.41) is 0. The van der Waals surface area contributed by atoms with Crippen molar-refractivity contribution in [3.8, 4) is 11.6 Å². The fourth-order valence-corrected chi connectivity index (χ4v) is 1.42. The summed E-state index contributed by atoms with van der Waals surface area (Å²) in [6, 6.07) is 4.91. The lowest BCUT2D eigenvalue weighted by Crippen LogP contribution is -2.08. The first-order valence-corrected chi connectivity index (χ1v) is 5.71. The van der Waals surface area contributed by atoms with Crippen LogP contribution in [0.5, 0.6) is 11.6 Å². The Morgan fingerprint density at radius 3 is 2.95 bits per heavy atom. The van der Waals surface area contributed by atoms with Gasteiger partial charge in [0.2, 0.25) is 5.88 Å². The molecule has 0 atom stereocenters. The molecule has 0 saturated carbocycles. The molecule has 0 fully saturated rings. The standard InChI is InChI=1S/C13H13N3O3/c1-2-18-13(17)10-6-12(16-8-11(10)14)19-9-4-3-5-15-7-9/h3-8H,2,14H2,1H3. The Labute approximate surface area is 110 Å². The van der Waals surface area contributed by atoms with E-state index in [2.05, 4.69) is 9.97 Å². The summed E-state index contributed by atoms with van der Waals surface area (Å²) in [6.07, 6.45) is 4.54. The van der Waals surface area contributed by atoms with Gasteiger partial charge >= 0.3 is 5.97 Å². The molecule has 2 N–H and O–H groups in total. The van der Waals surface area contributed by atoms with E-state index in [1.54, 1.807) is 31.5 Å². The van der Waals surface area contributed by atoms with Gasteiger partial charge in [-0.2, -0.15) is 0 Å². The highest BCUT2D eigenvalue weighted by molar-refractivity contribution is 5.95. The second kappa shape index (κ2) is 5.81. The molecule has 0 aliphatic rings. The predicted molar refractivity (Wildman–Crippen MR) is 68.9 cm³/mol. The molecular weight excluding hydrogens is 246 g/mol. The van der Waals surface area contributed by atoms with E-state index in [0.29, 0.717) is 5.75 Å². The Morgan fingerprint density at radius 2 is 2.26 bits per heavy atom. The van der Waals surface area contributed by atoms with Gasteiger partial charge in [-0.3, -0.25) is 4.98 Å². The number of rotatable bonds is 4. The molecule has 0 bridgehead atoms. The molecule has 0 unspecified atom stereocenters. The Hall–Kier alpha value is -2.63. The molecule has 0 aliphatic heterocycles. The highest BCUT2D eigenvalue weighted by atomic mass is 16.5. The molecule has 2 aromatic rings. The van der Waals surface area contributed by atoms with Crippen molar-refractivity contribution in [3.05, 3.63) is 42.4 Å². The van der Waals surface area contributed by atoms with Crippen LogP contribution < -0.4 is 10.5 Å². The average Bonchev–Trinajstić information content (AvgIpc) is 2.42. The molecule has 0 radical (unpaired) electrons. The molecule has 0 aliphatic carbocycles. The van der Waals surface area contributed by atoms with Crippen molar-refractivity contribution < 1.29 is 14.3 Å². The number of carbonyl (C=O) groups excluding carboxylic acids is 1. The van der Waals surface area contributed by atoms with E-state index in [1.807, 2.05) is 0 Å². The van der Waals surface area contributed by atoms with Crippen molar-refractivity contribution in [2.24, 2.45) is 0 Å². The summed E-state index contributed by atoms with van der Waals surface area (Å²) in [5.74, 6) is 0.276. The minimum absolute atomic E-state index is 0.232. The number of nitrogens with two attached hydrogens (primary N) is 1. The van der Waals surface area contributed by atoms with Gasteiger partial charge in [0, 0.05) is 12.3 Å². The highest BCUT2D eigenvalue weighted by Gasteiger charge is 2.13. The fourth-order valence-electron chi connectivity index (χ4n) is 1.42. The van der Waals surface area contributed by atoms with E-state index < -0.39 is 5.97 Å². The summed E-state index contributed by atoms with van der Waals surface area (Å²) in [7, 11) is 0. The van der Waals surface area contributed by atoms with Crippen LogP contribution in [0.2, 0.25) is 0 Å². The molecule has 0 aromatic carbocycles. The Morgan fingerprint density at radius 1 is 1.42 bits per heavy atom. The first-order chi connectivity index (χ1) is 9.20. The summed E-state index contributed by atoms with van der Waals surface area (Å²) in [4.78, 5) is 19.6. The van der Waals surface area contributed by atoms with E-state index in [0.717, 1.165) is 0 Å². The van der Waals surface area contributed by atoms with E-state index >= 15 is 0 Å². The lowest BCUT2D eigenvalue weighted by atomic mass is 10.2. The first kappa shape index (κ1) is 12.8. The maximum Gasteiger partial charge on any atom is 0.340 e. The predicted octanol–water partition coefficient (Wildman–Crippen LogP) is 2.03. The smallest absolute Gasteiger partial charge is 0.340 e. The molecule has 19 heavy (non-hydrogen) atoms. The number of anilines is 1. The van der Waals surface area contributed by atoms with Crippen LogP contribution in [0.1, 0.15) is 17.3 Å².